The number of carbonyl (C=O) groups is 1. The Morgan fingerprint density at radius 3 is 2.69 bits per heavy atom. The van der Waals surface area contributed by atoms with Crippen LogP contribution >= 0.6 is 0 Å². The molecule has 0 radical (unpaired) electrons. The summed E-state index contributed by atoms with van der Waals surface area (Å²) in [4.78, 5) is 11.6. The molecule has 1 aliphatic rings. The second-order valence-corrected chi connectivity index (χ2v) is 4.19. The van der Waals surface area contributed by atoms with Crippen molar-refractivity contribution < 1.29 is 15.0 Å². The number of nitrogens with one attached hydrogen (secondary N) is 1. The lowest BCUT2D eigenvalue weighted by Crippen LogP contribution is -2.24. The van der Waals surface area contributed by atoms with Gasteiger partial charge in [-0.3, -0.25) is 4.79 Å². The average Bonchev–Trinajstić information content (AvgIpc) is 3.06. The predicted octanol–water partition coefficient (Wildman–Crippen LogP) is 1.63. The summed E-state index contributed by atoms with van der Waals surface area (Å²) in [5, 5.41) is 21.1. The predicted molar refractivity (Wildman–Crippen MR) is 59.4 cm³/mol. The van der Waals surface area contributed by atoms with Gasteiger partial charge in [0.15, 0.2) is 11.5 Å². The number of aromatic hydroxyl groups is 2. The van der Waals surface area contributed by atoms with Crippen LogP contribution in [0.25, 0.3) is 0 Å². The van der Waals surface area contributed by atoms with E-state index in [2.05, 4.69) is 5.32 Å². The van der Waals surface area contributed by atoms with E-state index in [1.165, 1.54) is 31.0 Å². The first-order valence-corrected chi connectivity index (χ1v) is 5.47. The Hall–Kier alpha value is -1.71. The third kappa shape index (κ3) is 2.66. The molecule has 1 aromatic carbocycles. The van der Waals surface area contributed by atoms with Crippen molar-refractivity contribution in [2.45, 2.75) is 19.3 Å². The summed E-state index contributed by atoms with van der Waals surface area (Å²) in [6, 6.07) is 4.06. The van der Waals surface area contributed by atoms with Gasteiger partial charge in [-0.15, -0.1) is 0 Å². The van der Waals surface area contributed by atoms with Gasteiger partial charge in [0.2, 0.25) is 0 Å². The molecular formula is C12H15NO3. The van der Waals surface area contributed by atoms with E-state index in [0.29, 0.717) is 12.1 Å². The molecule has 1 aliphatic carbocycles. The maximum atomic E-state index is 11.6. The van der Waals surface area contributed by atoms with Gasteiger partial charge >= 0.3 is 0 Å². The van der Waals surface area contributed by atoms with Gasteiger partial charge in [0.05, 0.1) is 0 Å². The molecule has 0 bridgehead atoms. The first-order valence-electron chi connectivity index (χ1n) is 5.47. The lowest BCUT2D eigenvalue weighted by atomic mass is 10.2. The van der Waals surface area contributed by atoms with Gasteiger partial charge in [0.1, 0.15) is 0 Å². The smallest absolute Gasteiger partial charge is 0.251 e. The molecule has 0 unspecified atom stereocenters. The minimum Gasteiger partial charge on any atom is -0.504 e. The van der Waals surface area contributed by atoms with E-state index in [9.17, 15) is 9.90 Å². The molecule has 1 fully saturated rings. The minimum absolute atomic E-state index is 0.212. The number of amides is 1. The molecule has 0 aromatic heterocycles. The summed E-state index contributed by atoms with van der Waals surface area (Å²) < 4.78 is 0. The van der Waals surface area contributed by atoms with E-state index in [1.54, 1.807) is 0 Å². The fraction of sp³-hybridized carbons (Fsp3) is 0.417. The number of benzene rings is 1. The Kier molecular flexibility index (Phi) is 2.99. The maximum absolute atomic E-state index is 11.6. The number of hydrogen-bond donors (Lipinski definition) is 3. The maximum Gasteiger partial charge on any atom is 0.251 e. The van der Waals surface area contributed by atoms with Crippen molar-refractivity contribution in [2.75, 3.05) is 6.54 Å². The standard InChI is InChI=1S/C12H15NO3/c14-10-4-3-9(7-11(10)15)12(16)13-6-5-8-1-2-8/h3-4,7-8,14-15H,1-2,5-6H2,(H,13,16). The number of carbonyl (C=O) groups excluding carboxylic acids is 1. The third-order valence-electron chi connectivity index (χ3n) is 2.77. The van der Waals surface area contributed by atoms with Crippen molar-refractivity contribution in [3.05, 3.63) is 23.8 Å². The summed E-state index contributed by atoms with van der Waals surface area (Å²) in [6.45, 7) is 0.672. The molecule has 1 amide bonds. The Labute approximate surface area is 93.9 Å². The normalized spacial score (nSPS) is 14.8. The molecule has 0 atom stereocenters. The van der Waals surface area contributed by atoms with Crippen molar-refractivity contribution in [1.29, 1.82) is 0 Å². The van der Waals surface area contributed by atoms with Crippen LogP contribution in [0.5, 0.6) is 11.5 Å². The zero-order valence-electron chi connectivity index (χ0n) is 8.94. The molecule has 0 spiro atoms. The first-order chi connectivity index (χ1) is 7.66. The SMILES string of the molecule is O=C(NCCC1CC1)c1ccc(O)c(O)c1. The Bertz CT molecular complexity index is 399. The van der Waals surface area contributed by atoms with E-state index in [1.807, 2.05) is 0 Å². The van der Waals surface area contributed by atoms with Crippen molar-refractivity contribution in [3.63, 3.8) is 0 Å². The third-order valence-corrected chi connectivity index (χ3v) is 2.77. The zero-order chi connectivity index (χ0) is 11.5. The van der Waals surface area contributed by atoms with Crippen LogP contribution in [-0.2, 0) is 0 Å². The van der Waals surface area contributed by atoms with Gasteiger partial charge in [-0.2, -0.15) is 0 Å². The molecule has 1 saturated carbocycles. The average molecular weight is 221 g/mol. The molecular weight excluding hydrogens is 206 g/mol. The lowest BCUT2D eigenvalue weighted by Gasteiger charge is -2.05. The summed E-state index contributed by atoms with van der Waals surface area (Å²) in [5.41, 5.74) is 0.367. The topological polar surface area (TPSA) is 69.6 Å². The molecule has 1 aromatic rings. The molecule has 0 heterocycles. The Balaban J connectivity index is 1.88. The fourth-order valence-corrected chi connectivity index (χ4v) is 1.56. The number of phenols is 2. The van der Waals surface area contributed by atoms with Crippen molar-refractivity contribution in [2.24, 2.45) is 5.92 Å². The number of rotatable bonds is 4. The molecule has 16 heavy (non-hydrogen) atoms. The highest BCUT2D eigenvalue weighted by Gasteiger charge is 2.20. The van der Waals surface area contributed by atoms with E-state index in [4.69, 9.17) is 5.11 Å². The van der Waals surface area contributed by atoms with E-state index < -0.39 is 0 Å². The lowest BCUT2D eigenvalue weighted by molar-refractivity contribution is 0.0952. The zero-order valence-corrected chi connectivity index (χ0v) is 8.94. The highest BCUT2D eigenvalue weighted by atomic mass is 16.3. The van der Waals surface area contributed by atoms with Crippen LogP contribution in [0.2, 0.25) is 0 Å². The van der Waals surface area contributed by atoms with Crippen LogP contribution in [-0.4, -0.2) is 22.7 Å². The molecule has 4 heteroatoms. The van der Waals surface area contributed by atoms with Crippen LogP contribution in [0.4, 0.5) is 0 Å². The van der Waals surface area contributed by atoms with E-state index in [-0.39, 0.29) is 17.4 Å². The van der Waals surface area contributed by atoms with Crippen LogP contribution < -0.4 is 5.32 Å². The molecule has 3 N–H and O–H groups in total. The summed E-state index contributed by atoms with van der Waals surface area (Å²) >= 11 is 0. The van der Waals surface area contributed by atoms with Gasteiger partial charge in [-0.1, -0.05) is 12.8 Å². The second-order valence-electron chi connectivity index (χ2n) is 4.19. The molecule has 2 rings (SSSR count). The van der Waals surface area contributed by atoms with Crippen LogP contribution in [0.1, 0.15) is 29.6 Å². The Morgan fingerprint density at radius 2 is 2.06 bits per heavy atom. The summed E-state index contributed by atoms with van der Waals surface area (Å²) in [6.07, 6.45) is 3.57. The van der Waals surface area contributed by atoms with Crippen LogP contribution in [0.3, 0.4) is 0 Å². The van der Waals surface area contributed by atoms with Gasteiger partial charge < -0.3 is 15.5 Å². The molecule has 86 valence electrons. The molecule has 0 saturated heterocycles. The first kappa shape index (κ1) is 10.8. The highest BCUT2D eigenvalue weighted by molar-refractivity contribution is 5.94. The van der Waals surface area contributed by atoms with Crippen molar-refractivity contribution in [3.8, 4) is 11.5 Å². The van der Waals surface area contributed by atoms with Crippen molar-refractivity contribution in [1.82, 2.24) is 5.32 Å². The summed E-state index contributed by atoms with van der Waals surface area (Å²) in [7, 11) is 0. The van der Waals surface area contributed by atoms with Crippen LogP contribution in [0, 0.1) is 5.92 Å². The molecule has 4 nitrogen and oxygen atoms in total. The Morgan fingerprint density at radius 1 is 1.31 bits per heavy atom. The van der Waals surface area contributed by atoms with Gasteiger partial charge in [-0.25, -0.2) is 0 Å². The van der Waals surface area contributed by atoms with Gasteiger partial charge in [0, 0.05) is 12.1 Å². The molecule has 0 aliphatic heterocycles. The summed E-state index contributed by atoms with van der Waals surface area (Å²) in [5.74, 6) is 0.0915. The largest absolute Gasteiger partial charge is 0.504 e. The van der Waals surface area contributed by atoms with E-state index >= 15 is 0 Å². The van der Waals surface area contributed by atoms with Crippen molar-refractivity contribution >= 4 is 5.91 Å². The minimum atomic E-state index is -0.269. The van der Waals surface area contributed by atoms with E-state index in [0.717, 1.165) is 12.3 Å². The quantitative estimate of drug-likeness (QED) is 0.677. The monoisotopic (exact) mass is 221 g/mol. The van der Waals surface area contributed by atoms with Gasteiger partial charge in [-0.05, 0) is 30.5 Å². The highest BCUT2D eigenvalue weighted by Crippen LogP contribution is 2.31. The number of phenolic OH excluding ortho intramolecular Hbond substituents is 2. The fourth-order valence-electron chi connectivity index (χ4n) is 1.56. The second kappa shape index (κ2) is 4.43. The number of hydrogen-bond acceptors (Lipinski definition) is 3. The van der Waals surface area contributed by atoms with Crippen LogP contribution in [0.15, 0.2) is 18.2 Å². The van der Waals surface area contributed by atoms with Gasteiger partial charge in [0.25, 0.3) is 5.91 Å².